The van der Waals surface area contributed by atoms with Gasteiger partial charge in [0.15, 0.2) is 5.78 Å². The summed E-state index contributed by atoms with van der Waals surface area (Å²) in [6.07, 6.45) is 10.0. The zero-order valence-corrected chi connectivity index (χ0v) is 34.6. The first-order valence-corrected chi connectivity index (χ1v) is 18.8. The summed E-state index contributed by atoms with van der Waals surface area (Å²) >= 11 is 1.77. The number of pyridine rings is 2. The first-order valence-electron chi connectivity index (χ1n) is 17.9. The van der Waals surface area contributed by atoms with Crippen molar-refractivity contribution in [3.05, 3.63) is 102 Å². The smallest absolute Gasteiger partial charge is 0.162 e. The van der Waals surface area contributed by atoms with E-state index in [4.69, 9.17) is 4.98 Å². The molecule has 0 aliphatic rings. The molecule has 0 unspecified atom stereocenters. The third-order valence-corrected chi connectivity index (χ3v) is 10.4. The molecule has 5 rings (SSSR count). The van der Waals surface area contributed by atoms with Crippen LogP contribution in [0.2, 0.25) is 0 Å². The maximum absolute atomic E-state index is 11.7. The van der Waals surface area contributed by atoms with Gasteiger partial charge in [0, 0.05) is 51.3 Å². The molecule has 0 aliphatic carbocycles. The fourth-order valence-electron chi connectivity index (χ4n) is 6.50. The van der Waals surface area contributed by atoms with E-state index < -0.39 is 0 Å². The van der Waals surface area contributed by atoms with E-state index >= 15 is 0 Å². The Morgan fingerprint density at radius 3 is 2.26 bits per heavy atom. The molecule has 6 heteroatoms. The molecule has 0 saturated carbocycles. The van der Waals surface area contributed by atoms with Crippen molar-refractivity contribution < 1.29 is 34.6 Å². The standard InChI is InChI=1S/C31H31N2S.C13H24O2.Ir/c1-20(2)15-24-19-32-29(30-26(24)12-14-34-30)22-11-13-33(6)28(18-22)23-16-21-9-7-8-10-25(21)27(17-23)31(3,4)5;1-5-10(6-2)12(14)9-13(15)11(7-3)8-4;/h7-14,17-20H,6,15H2,1-5H3;9-11,14H,5-8H2,1-4H3;/q-1;;/b;12-9-;. The number of carbonyl (C=O) groups is 1. The minimum absolute atomic E-state index is 0. The van der Waals surface area contributed by atoms with Crippen molar-refractivity contribution in [1.29, 1.82) is 0 Å². The van der Waals surface area contributed by atoms with Crippen molar-refractivity contribution in [3.63, 3.8) is 0 Å². The molecule has 1 N–H and O–H groups in total. The quantitative estimate of drug-likeness (QED) is 0.0623. The van der Waals surface area contributed by atoms with Crippen LogP contribution in [0.25, 0.3) is 43.4 Å². The summed E-state index contributed by atoms with van der Waals surface area (Å²) in [6.45, 7) is 19.4. The molecular weight excluding hydrogens is 813 g/mol. The van der Waals surface area contributed by atoms with Crippen LogP contribution in [0.4, 0.5) is 0 Å². The molecule has 0 spiro atoms. The second-order valence-corrected chi connectivity index (χ2v) is 15.5. The summed E-state index contributed by atoms with van der Waals surface area (Å²) in [5, 5.41) is 15.7. The van der Waals surface area contributed by atoms with Crippen molar-refractivity contribution in [1.82, 2.24) is 4.98 Å². The number of hydrogen-bond donors (Lipinski definition) is 1. The number of benzene rings is 2. The first-order chi connectivity index (χ1) is 23.3. The van der Waals surface area contributed by atoms with Gasteiger partial charge in [0.25, 0.3) is 0 Å². The average Bonchev–Trinajstić information content (AvgIpc) is 3.56. The molecule has 3 aromatic heterocycles. The molecule has 2 aromatic carbocycles. The number of carbonyl (C=O) groups excluding carboxylic acids is 1. The fraction of sp³-hybridized carbons (Fsp3) is 0.409. The second-order valence-electron chi connectivity index (χ2n) is 14.6. The Labute approximate surface area is 318 Å². The molecule has 0 bridgehead atoms. The van der Waals surface area contributed by atoms with E-state index in [1.807, 2.05) is 38.5 Å². The molecule has 1 radical (unpaired) electrons. The summed E-state index contributed by atoms with van der Waals surface area (Å²) in [6, 6.07) is 21.0. The number of thiophene rings is 1. The minimum atomic E-state index is 0. The van der Waals surface area contributed by atoms with Gasteiger partial charge in [0.2, 0.25) is 0 Å². The molecule has 0 aliphatic heterocycles. The molecular formula is C44H55IrN2O2S-. The number of hydrogen-bond acceptors (Lipinski definition) is 4. The van der Waals surface area contributed by atoms with E-state index in [9.17, 15) is 9.90 Å². The number of aliphatic hydroxyl groups excluding tert-OH is 1. The van der Waals surface area contributed by atoms with Crippen LogP contribution in [0.15, 0.2) is 78.1 Å². The zero-order chi connectivity index (χ0) is 35.9. The summed E-state index contributed by atoms with van der Waals surface area (Å²) in [5.41, 5.74) is 6.90. The Bertz CT molecular complexity index is 1910. The summed E-state index contributed by atoms with van der Waals surface area (Å²) in [4.78, 5) is 16.7. The molecule has 0 amide bonds. The van der Waals surface area contributed by atoms with Crippen LogP contribution in [0.5, 0.6) is 0 Å². The molecule has 5 aromatic rings. The molecule has 0 saturated heterocycles. The number of nitrogens with zero attached hydrogens (tertiary/aromatic N) is 2. The molecule has 3 heterocycles. The van der Waals surface area contributed by atoms with Crippen molar-refractivity contribution in [2.24, 2.45) is 17.8 Å². The van der Waals surface area contributed by atoms with E-state index in [1.165, 1.54) is 32.7 Å². The van der Waals surface area contributed by atoms with Crippen molar-refractivity contribution in [2.75, 3.05) is 0 Å². The first kappa shape index (κ1) is 41.1. The number of allylic oxidation sites excluding steroid dienone is 2. The Morgan fingerprint density at radius 2 is 1.64 bits per heavy atom. The number of aromatic nitrogens is 2. The van der Waals surface area contributed by atoms with Gasteiger partial charge in [0.1, 0.15) is 5.69 Å². The van der Waals surface area contributed by atoms with Gasteiger partial charge in [-0.25, -0.2) is 0 Å². The Balaban J connectivity index is 0.000000361. The summed E-state index contributed by atoms with van der Waals surface area (Å²) in [7, 11) is 4.28. The van der Waals surface area contributed by atoms with Gasteiger partial charge in [-0.2, -0.15) is 0 Å². The third-order valence-electron chi connectivity index (χ3n) is 9.45. The van der Waals surface area contributed by atoms with Crippen LogP contribution in [0.1, 0.15) is 99.1 Å². The maximum Gasteiger partial charge on any atom is 0.162 e. The monoisotopic (exact) mass is 868 g/mol. The van der Waals surface area contributed by atoms with E-state index in [0.29, 0.717) is 5.92 Å². The predicted octanol–water partition coefficient (Wildman–Crippen LogP) is 11.9. The number of fused-ring (bicyclic) bond motifs is 2. The minimum Gasteiger partial charge on any atom is -0.512 e. The average molecular weight is 868 g/mol. The predicted molar refractivity (Wildman–Crippen MR) is 209 cm³/mol. The Hall–Kier alpha value is -3.31. The van der Waals surface area contributed by atoms with Gasteiger partial charge < -0.3 is 9.67 Å². The molecule has 269 valence electrons. The molecule has 50 heavy (non-hydrogen) atoms. The third kappa shape index (κ3) is 9.72. The van der Waals surface area contributed by atoms with Gasteiger partial charge in [-0.05, 0) is 83.5 Å². The van der Waals surface area contributed by atoms with E-state index in [2.05, 4.69) is 108 Å². The van der Waals surface area contributed by atoms with E-state index in [0.717, 1.165) is 60.0 Å². The van der Waals surface area contributed by atoms with Crippen LogP contribution in [0.3, 0.4) is 0 Å². The SMILES string of the molecule is CCC(CC)C(=O)/C=C(\O)C(CC)CC.[CH2-][n+]1ccc(-c2ncc(CC(C)C)c3ccsc23)cc1-c1[c-]c2ccccc2c(C(C)(C)C)c1.[Ir]. The number of ketones is 1. The fourth-order valence-corrected chi connectivity index (χ4v) is 7.45. The van der Waals surface area contributed by atoms with Gasteiger partial charge in [-0.1, -0.05) is 91.5 Å². The van der Waals surface area contributed by atoms with Crippen molar-refractivity contribution in [2.45, 2.75) is 99.8 Å². The van der Waals surface area contributed by atoms with E-state index in [-0.39, 0.29) is 48.9 Å². The molecule has 0 fully saturated rings. The van der Waals surface area contributed by atoms with E-state index in [1.54, 1.807) is 11.3 Å². The topological polar surface area (TPSA) is 54.1 Å². The zero-order valence-electron chi connectivity index (χ0n) is 31.4. The van der Waals surface area contributed by atoms with Crippen LogP contribution >= 0.6 is 11.3 Å². The van der Waals surface area contributed by atoms with Gasteiger partial charge in [0.05, 0.1) is 22.3 Å². The normalized spacial score (nSPS) is 12.0. The number of rotatable bonds is 11. The van der Waals surface area contributed by atoms with Gasteiger partial charge in [-0.15, -0.1) is 40.5 Å². The van der Waals surface area contributed by atoms with Crippen LogP contribution in [-0.2, 0) is 36.7 Å². The second kappa shape index (κ2) is 18.3. The number of aliphatic hydroxyl groups is 1. The Kier molecular flexibility index (Phi) is 15.0. The summed E-state index contributed by atoms with van der Waals surface area (Å²) in [5.74, 6) is 1.15. The molecule has 0 atom stereocenters. The van der Waals surface area contributed by atoms with Crippen LogP contribution < -0.4 is 4.57 Å². The Morgan fingerprint density at radius 1 is 0.980 bits per heavy atom. The van der Waals surface area contributed by atoms with Gasteiger partial charge in [-0.3, -0.25) is 9.78 Å². The maximum atomic E-state index is 11.7. The van der Waals surface area contributed by atoms with Gasteiger partial charge >= 0.3 is 0 Å². The largest absolute Gasteiger partial charge is 0.512 e. The summed E-state index contributed by atoms with van der Waals surface area (Å²) < 4.78 is 3.19. The molecule has 4 nitrogen and oxygen atoms in total. The van der Waals surface area contributed by atoms with Crippen LogP contribution in [-0.4, -0.2) is 15.9 Å². The van der Waals surface area contributed by atoms with Crippen molar-refractivity contribution >= 4 is 38.0 Å². The van der Waals surface area contributed by atoms with Crippen LogP contribution in [0, 0.1) is 30.9 Å². The van der Waals surface area contributed by atoms with Crippen molar-refractivity contribution in [3.8, 4) is 22.5 Å².